The van der Waals surface area contributed by atoms with Gasteiger partial charge in [0, 0.05) is 6.54 Å². The molecule has 0 aromatic carbocycles. The van der Waals surface area contributed by atoms with Crippen LogP contribution in [0.4, 0.5) is 26.3 Å². The fourth-order valence-electron chi connectivity index (χ4n) is 2.23. The summed E-state index contributed by atoms with van der Waals surface area (Å²) in [7, 11) is 0. The van der Waals surface area contributed by atoms with Crippen molar-refractivity contribution >= 4 is 5.91 Å². The van der Waals surface area contributed by atoms with Crippen LogP contribution in [-0.2, 0) is 4.79 Å². The summed E-state index contributed by atoms with van der Waals surface area (Å²) >= 11 is 0. The molecule has 1 fully saturated rings. The van der Waals surface area contributed by atoms with Crippen LogP contribution in [0.3, 0.4) is 0 Å². The Kier molecular flexibility index (Phi) is 5.10. The fourth-order valence-corrected chi connectivity index (χ4v) is 2.23. The fraction of sp³-hybridized carbons (Fsp3) is 0.750. The van der Waals surface area contributed by atoms with Gasteiger partial charge in [0.2, 0.25) is 5.91 Å². The molecule has 1 unspecified atom stereocenters. The van der Waals surface area contributed by atoms with Gasteiger partial charge in [0.05, 0.1) is 0 Å². The molecule has 1 heterocycles. The molecule has 1 amide bonds. The Morgan fingerprint density at radius 1 is 1.20 bits per heavy atom. The number of nitrogens with zero attached hydrogens (tertiary/aromatic N) is 1. The van der Waals surface area contributed by atoms with Gasteiger partial charge in [0.1, 0.15) is 6.04 Å². The van der Waals surface area contributed by atoms with Crippen LogP contribution in [0.5, 0.6) is 0 Å². The second kappa shape index (κ2) is 6.05. The van der Waals surface area contributed by atoms with Gasteiger partial charge in [-0.3, -0.25) is 4.79 Å². The van der Waals surface area contributed by atoms with Gasteiger partial charge < -0.3 is 4.90 Å². The number of carbonyl (C=O) groups is 1. The quantitative estimate of drug-likeness (QED) is 0.575. The number of likely N-dealkylation sites (tertiary alicyclic amines) is 1. The van der Waals surface area contributed by atoms with E-state index in [0.717, 1.165) is 6.08 Å². The largest absolute Gasteiger partial charge is 0.371 e. The van der Waals surface area contributed by atoms with E-state index >= 15 is 0 Å². The van der Waals surface area contributed by atoms with E-state index in [1.54, 1.807) is 0 Å². The molecular formula is C12H15F6NO. The molecule has 0 N–H and O–H groups in total. The van der Waals surface area contributed by atoms with Crippen LogP contribution < -0.4 is 0 Å². The summed E-state index contributed by atoms with van der Waals surface area (Å²) in [6.45, 7) is 2.93. The van der Waals surface area contributed by atoms with Crippen LogP contribution in [0.2, 0.25) is 0 Å². The normalized spacial score (nSPS) is 21.8. The highest BCUT2D eigenvalue weighted by molar-refractivity contribution is 5.87. The lowest BCUT2D eigenvalue weighted by molar-refractivity contribution is -0.284. The summed E-state index contributed by atoms with van der Waals surface area (Å²) in [4.78, 5) is 12.0. The molecule has 1 atom stereocenters. The molecule has 2 nitrogen and oxygen atoms in total. The van der Waals surface area contributed by atoms with Crippen molar-refractivity contribution < 1.29 is 31.1 Å². The Hall–Kier alpha value is -1.21. The molecule has 116 valence electrons. The molecule has 0 aliphatic carbocycles. The van der Waals surface area contributed by atoms with Gasteiger partial charge in [-0.25, -0.2) is 8.78 Å². The van der Waals surface area contributed by atoms with Gasteiger partial charge in [-0.05, 0) is 18.9 Å². The molecule has 1 aliphatic rings. The van der Waals surface area contributed by atoms with Gasteiger partial charge in [0.15, 0.2) is 0 Å². The molecule has 1 rings (SSSR count). The number of alkyl halides is 6. The molecule has 0 bridgehead atoms. The summed E-state index contributed by atoms with van der Waals surface area (Å²) < 4.78 is 78.3. The number of hydrogen-bond acceptors (Lipinski definition) is 1. The van der Waals surface area contributed by atoms with Crippen LogP contribution in [0.15, 0.2) is 12.7 Å². The highest BCUT2D eigenvalue weighted by Crippen LogP contribution is 2.45. The Bertz CT molecular complexity index is 371. The molecule has 0 radical (unpaired) electrons. The maximum atomic E-state index is 13.8. The molecule has 0 saturated carbocycles. The number of rotatable bonds is 4. The summed E-state index contributed by atoms with van der Waals surface area (Å²) in [5.41, 5.74) is 0. The first-order chi connectivity index (χ1) is 9.16. The first-order valence-corrected chi connectivity index (χ1v) is 6.13. The Morgan fingerprint density at radius 3 is 2.30 bits per heavy atom. The third-order valence-electron chi connectivity index (χ3n) is 3.35. The molecule has 1 aliphatic heterocycles. The zero-order valence-electron chi connectivity index (χ0n) is 10.6. The minimum atomic E-state index is -5.48. The Labute approximate surface area is 112 Å². The van der Waals surface area contributed by atoms with Crippen molar-refractivity contribution in [2.45, 2.75) is 50.0 Å². The van der Waals surface area contributed by atoms with Gasteiger partial charge in [-0.15, -0.1) is 0 Å². The van der Waals surface area contributed by atoms with Gasteiger partial charge in [-0.1, -0.05) is 19.4 Å². The van der Waals surface area contributed by atoms with E-state index in [0.29, 0.717) is 17.7 Å². The highest BCUT2D eigenvalue weighted by atomic mass is 19.3. The SMILES string of the molecule is C=CC(=O)N1CCCCCC1C(F)(F)C(F)(F)C(F)F. The van der Waals surface area contributed by atoms with Crippen LogP contribution in [-0.4, -0.2) is 41.7 Å². The van der Waals surface area contributed by atoms with Crippen LogP contribution >= 0.6 is 0 Å². The summed E-state index contributed by atoms with van der Waals surface area (Å²) in [5.74, 6) is -11.4. The number of halogens is 6. The minimum Gasteiger partial charge on any atom is -0.330 e. The maximum absolute atomic E-state index is 13.8. The van der Waals surface area contributed by atoms with Crippen LogP contribution in [0.1, 0.15) is 25.7 Å². The van der Waals surface area contributed by atoms with E-state index in [-0.39, 0.29) is 13.0 Å². The van der Waals surface area contributed by atoms with Crippen molar-refractivity contribution in [3.63, 3.8) is 0 Å². The molecule has 0 spiro atoms. The Balaban J connectivity index is 3.15. The second-order valence-corrected chi connectivity index (χ2v) is 4.65. The third-order valence-corrected chi connectivity index (χ3v) is 3.35. The smallest absolute Gasteiger partial charge is 0.330 e. The zero-order chi connectivity index (χ0) is 15.6. The number of hydrogen-bond donors (Lipinski definition) is 0. The van der Waals surface area contributed by atoms with E-state index in [9.17, 15) is 31.1 Å². The molecule has 0 aromatic heterocycles. The molecule has 0 aromatic rings. The molecular weight excluding hydrogens is 288 g/mol. The lowest BCUT2D eigenvalue weighted by Gasteiger charge is -2.38. The predicted molar refractivity (Wildman–Crippen MR) is 60.1 cm³/mol. The number of amides is 1. The van der Waals surface area contributed by atoms with E-state index in [2.05, 4.69) is 6.58 Å². The summed E-state index contributed by atoms with van der Waals surface area (Å²) in [6.07, 6.45) is -3.24. The van der Waals surface area contributed by atoms with Crippen LogP contribution in [0, 0.1) is 0 Å². The monoisotopic (exact) mass is 303 g/mol. The van der Waals surface area contributed by atoms with Gasteiger partial charge >= 0.3 is 18.3 Å². The minimum absolute atomic E-state index is 0.167. The third kappa shape index (κ3) is 2.93. The molecule has 8 heteroatoms. The topological polar surface area (TPSA) is 20.3 Å². The Morgan fingerprint density at radius 2 is 1.80 bits per heavy atom. The molecule has 20 heavy (non-hydrogen) atoms. The van der Waals surface area contributed by atoms with Crippen molar-refractivity contribution in [1.82, 2.24) is 4.90 Å². The van der Waals surface area contributed by atoms with Crippen molar-refractivity contribution in [1.29, 1.82) is 0 Å². The molecule has 1 saturated heterocycles. The van der Waals surface area contributed by atoms with E-state index in [1.165, 1.54) is 0 Å². The van der Waals surface area contributed by atoms with E-state index < -0.39 is 36.6 Å². The first kappa shape index (κ1) is 16.8. The average molecular weight is 303 g/mol. The standard InChI is InChI=1S/C12H15F6NO/c1-2-9(20)19-7-5-3-4-6-8(19)11(15,16)12(17,18)10(13)14/h2,8,10H,1,3-7H2. The lowest BCUT2D eigenvalue weighted by Crippen LogP contribution is -2.60. The zero-order valence-corrected chi connectivity index (χ0v) is 10.6. The highest BCUT2D eigenvalue weighted by Gasteiger charge is 2.67. The van der Waals surface area contributed by atoms with Crippen molar-refractivity contribution in [2.75, 3.05) is 6.54 Å². The van der Waals surface area contributed by atoms with Crippen molar-refractivity contribution in [3.8, 4) is 0 Å². The second-order valence-electron chi connectivity index (χ2n) is 4.65. The summed E-state index contributed by atoms with van der Waals surface area (Å²) in [6, 6.07) is -2.25. The first-order valence-electron chi connectivity index (χ1n) is 6.13. The average Bonchev–Trinajstić information content (AvgIpc) is 2.63. The summed E-state index contributed by atoms with van der Waals surface area (Å²) in [5, 5.41) is 0. The number of carbonyl (C=O) groups excluding carboxylic acids is 1. The van der Waals surface area contributed by atoms with Gasteiger partial charge in [0.25, 0.3) is 0 Å². The van der Waals surface area contributed by atoms with Crippen molar-refractivity contribution in [2.24, 2.45) is 0 Å². The predicted octanol–water partition coefficient (Wildman–Crippen LogP) is 3.48. The van der Waals surface area contributed by atoms with E-state index in [4.69, 9.17) is 0 Å². The van der Waals surface area contributed by atoms with E-state index in [1.807, 2.05) is 0 Å². The maximum Gasteiger partial charge on any atom is 0.371 e. The lowest BCUT2D eigenvalue weighted by atomic mass is 9.97. The van der Waals surface area contributed by atoms with Crippen molar-refractivity contribution in [3.05, 3.63) is 12.7 Å². The van der Waals surface area contributed by atoms with Crippen LogP contribution in [0.25, 0.3) is 0 Å². The van der Waals surface area contributed by atoms with Gasteiger partial charge in [-0.2, -0.15) is 17.6 Å².